The lowest BCUT2D eigenvalue weighted by Crippen LogP contribution is -2.25. The van der Waals surface area contributed by atoms with Crippen molar-refractivity contribution in [3.63, 3.8) is 0 Å². The van der Waals surface area contributed by atoms with Gasteiger partial charge in [-0.15, -0.1) is 0 Å². The standard InChI is InChI=1S/C14H11Br2N3O5/c1-2-24-12-8(15)5-7(6-9(12)16)3-4-10-11(19(22)23)13(20)18-14(21)17-10/h3-6H,2H2,1H3,(H2,17,18,20,21)/b4-3+. The van der Waals surface area contributed by atoms with Gasteiger partial charge >= 0.3 is 16.9 Å². The van der Waals surface area contributed by atoms with Gasteiger partial charge in [-0.1, -0.05) is 6.08 Å². The molecule has 2 rings (SSSR count). The van der Waals surface area contributed by atoms with Gasteiger partial charge in [-0.3, -0.25) is 19.9 Å². The summed E-state index contributed by atoms with van der Waals surface area (Å²) in [6.07, 6.45) is 2.83. The Labute approximate surface area is 152 Å². The summed E-state index contributed by atoms with van der Waals surface area (Å²) in [6.45, 7) is 2.35. The van der Waals surface area contributed by atoms with Crippen LogP contribution in [0.5, 0.6) is 5.75 Å². The number of benzene rings is 1. The zero-order valence-electron chi connectivity index (χ0n) is 12.3. The molecule has 0 spiro atoms. The van der Waals surface area contributed by atoms with Gasteiger partial charge in [0, 0.05) is 0 Å². The first-order chi connectivity index (χ1) is 11.3. The van der Waals surface area contributed by atoms with Gasteiger partial charge in [0.25, 0.3) is 0 Å². The zero-order valence-corrected chi connectivity index (χ0v) is 15.4. The van der Waals surface area contributed by atoms with E-state index in [0.29, 0.717) is 26.9 Å². The highest BCUT2D eigenvalue weighted by Crippen LogP contribution is 2.35. The molecule has 1 aromatic carbocycles. The van der Waals surface area contributed by atoms with Crippen molar-refractivity contribution in [2.75, 3.05) is 6.61 Å². The van der Waals surface area contributed by atoms with E-state index in [-0.39, 0.29) is 5.69 Å². The predicted molar refractivity (Wildman–Crippen MR) is 96.3 cm³/mol. The first-order valence-corrected chi connectivity index (χ1v) is 8.23. The van der Waals surface area contributed by atoms with Crippen LogP contribution in [-0.2, 0) is 0 Å². The van der Waals surface area contributed by atoms with Crippen LogP contribution in [0.1, 0.15) is 18.2 Å². The van der Waals surface area contributed by atoms with Crippen LogP contribution in [0, 0.1) is 10.1 Å². The molecule has 0 radical (unpaired) electrons. The third-order valence-electron chi connectivity index (χ3n) is 2.88. The zero-order chi connectivity index (χ0) is 17.9. The summed E-state index contributed by atoms with van der Waals surface area (Å²) >= 11 is 6.75. The lowest BCUT2D eigenvalue weighted by molar-refractivity contribution is -0.386. The number of aromatic nitrogens is 2. The van der Waals surface area contributed by atoms with E-state index in [9.17, 15) is 19.7 Å². The molecule has 0 aliphatic heterocycles. The molecule has 0 aliphatic carbocycles. The van der Waals surface area contributed by atoms with Crippen LogP contribution in [0.2, 0.25) is 0 Å². The number of nitrogens with zero attached hydrogens (tertiary/aromatic N) is 1. The van der Waals surface area contributed by atoms with E-state index >= 15 is 0 Å². The minimum absolute atomic E-state index is 0.185. The molecule has 2 aromatic rings. The first kappa shape index (κ1) is 18.1. The fourth-order valence-electron chi connectivity index (χ4n) is 1.94. The van der Waals surface area contributed by atoms with Gasteiger partial charge in [0.2, 0.25) is 0 Å². The molecule has 0 aliphatic rings. The quantitative estimate of drug-likeness (QED) is 0.525. The number of rotatable bonds is 5. The second kappa shape index (κ2) is 7.58. The molecular weight excluding hydrogens is 450 g/mol. The second-order valence-corrected chi connectivity index (χ2v) is 6.22. The largest absolute Gasteiger partial charge is 0.492 e. The second-order valence-electron chi connectivity index (χ2n) is 4.51. The molecule has 1 aromatic heterocycles. The van der Waals surface area contributed by atoms with Gasteiger partial charge in [-0.2, -0.15) is 0 Å². The van der Waals surface area contributed by atoms with Crippen molar-refractivity contribution in [1.82, 2.24) is 9.97 Å². The molecule has 0 saturated heterocycles. The van der Waals surface area contributed by atoms with Crippen LogP contribution in [0.15, 0.2) is 30.7 Å². The highest BCUT2D eigenvalue weighted by molar-refractivity contribution is 9.11. The Bertz CT molecular complexity index is 910. The normalized spacial score (nSPS) is 11.0. The van der Waals surface area contributed by atoms with Crippen LogP contribution in [-0.4, -0.2) is 21.5 Å². The van der Waals surface area contributed by atoms with Crippen LogP contribution in [0.4, 0.5) is 5.69 Å². The van der Waals surface area contributed by atoms with Gasteiger partial charge in [-0.25, -0.2) is 4.79 Å². The molecule has 0 saturated carbocycles. The summed E-state index contributed by atoms with van der Waals surface area (Å²) in [5, 5.41) is 11.0. The summed E-state index contributed by atoms with van der Waals surface area (Å²) in [6, 6.07) is 3.48. The van der Waals surface area contributed by atoms with E-state index in [4.69, 9.17) is 4.74 Å². The van der Waals surface area contributed by atoms with E-state index in [1.54, 1.807) is 12.1 Å². The number of aromatic amines is 2. The lowest BCUT2D eigenvalue weighted by atomic mass is 10.2. The van der Waals surface area contributed by atoms with Crippen molar-refractivity contribution in [2.24, 2.45) is 0 Å². The molecule has 24 heavy (non-hydrogen) atoms. The first-order valence-electron chi connectivity index (χ1n) is 6.64. The number of nitro groups is 1. The van der Waals surface area contributed by atoms with Crippen LogP contribution < -0.4 is 16.0 Å². The molecule has 8 nitrogen and oxygen atoms in total. The van der Waals surface area contributed by atoms with Gasteiger partial charge in [0.15, 0.2) is 0 Å². The average molecular weight is 461 g/mol. The highest BCUT2D eigenvalue weighted by atomic mass is 79.9. The summed E-state index contributed by atoms with van der Waals surface area (Å²) in [5.41, 5.74) is -2.12. The van der Waals surface area contributed by atoms with E-state index in [1.165, 1.54) is 12.2 Å². The topological polar surface area (TPSA) is 118 Å². The molecule has 0 atom stereocenters. The van der Waals surface area contributed by atoms with E-state index in [2.05, 4.69) is 36.8 Å². The molecule has 0 amide bonds. The van der Waals surface area contributed by atoms with E-state index in [1.807, 2.05) is 11.9 Å². The molecule has 0 bridgehead atoms. The Morgan fingerprint density at radius 2 is 1.83 bits per heavy atom. The molecular formula is C14H11Br2N3O5. The Morgan fingerprint density at radius 3 is 2.38 bits per heavy atom. The molecule has 126 valence electrons. The summed E-state index contributed by atoms with van der Waals surface area (Å²) in [7, 11) is 0. The van der Waals surface area contributed by atoms with E-state index in [0.717, 1.165) is 0 Å². The number of ether oxygens (including phenoxy) is 1. The third kappa shape index (κ3) is 4.01. The Hall–Kier alpha value is -2.20. The smallest absolute Gasteiger partial charge is 0.357 e. The van der Waals surface area contributed by atoms with Gasteiger partial charge in [-0.05, 0) is 62.6 Å². The third-order valence-corrected chi connectivity index (χ3v) is 4.06. The Balaban J connectivity index is 2.48. The van der Waals surface area contributed by atoms with Crippen molar-refractivity contribution in [3.05, 3.63) is 63.3 Å². The Morgan fingerprint density at radius 1 is 1.21 bits per heavy atom. The van der Waals surface area contributed by atoms with Crippen molar-refractivity contribution in [2.45, 2.75) is 6.92 Å². The minimum atomic E-state index is -1.06. The number of halogens is 2. The van der Waals surface area contributed by atoms with Gasteiger partial charge in [0.05, 0.1) is 20.5 Å². The number of H-pyrrole nitrogens is 2. The van der Waals surface area contributed by atoms with Crippen LogP contribution >= 0.6 is 31.9 Å². The summed E-state index contributed by atoms with van der Waals surface area (Å²) < 4.78 is 6.84. The molecule has 0 fully saturated rings. The van der Waals surface area contributed by atoms with Crippen molar-refractivity contribution in [1.29, 1.82) is 0 Å². The highest BCUT2D eigenvalue weighted by Gasteiger charge is 2.18. The number of hydrogen-bond acceptors (Lipinski definition) is 5. The average Bonchev–Trinajstić information content (AvgIpc) is 2.47. The van der Waals surface area contributed by atoms with Crippen LogP contribution in [0.3, 0.4) is 0 Å². The molecule has 2 N–H and O–H groups in total. The maximum atomic E-state index is 11.6. The predicted octanol–water partition coefficient (Wildman–Crippen LogP) is 3.07. The Kier molecular flexibility index (Phi) is 5.73. The molecule has 0 unspecified atom stereocenters. The number of nitrogens with one attached hydrogen (secondary N) is 2. The van der Waals surface area contributed by atoms with Gasteiger partial charge in [0.1, 0.15) is 11.4 Å². The summed E-state index contributed by atoms with van der Waals surface area (Å²) in [4.78, 5) is 37.1. The van der Waals surface area contributed by atoms with E-state index < -0.39 is 21.9 Å². The minimum Gasteiger partial charge on any atom is -0.492 e. The lowest BCUT2D eigenvalue weighted by Gasteiger charge is -2.09. The monoisotopic (exact) mass is 459 g/mol. The molecule has 10 heteroatoms. The van der Waals surface area contributed by atoms with Crippen molar-refractivity contribution >= 4 is 49.7 Å². The summed E-state index contributed by atoms with van der Waals surface area (Å²) in [5.74, 6) is 0.630. The SMILES string of the molecule is CCOc1c(Br)cc(/C=C/c2[nH]c(=O)[nH]c(=O)c2[N+](=O)[O-])cc1Br. The fraction of sp³-hybridized carbons (Fsp3) is 0.143. The number of hydrogen-bond donors (Lipinski definition) is 2. The van der Waals surface area contributed by atoms with Crippen molar-refractivity contribution in [3.8, 4) is 5.75 Å². The van der Waals surface area contributed by atoms with Gasteiger partial charge < -0.3 is 9.72 Å². The van der Waals surface area contributed by atoms with Crippen molar-refractivity contribution < 1.29 is 9.66 Å². The fourth-order valence-corrected chi connectivity index (χ4v) is 3.39. The van der Waals surface area contributed by atoms with Crippen LogP contribution in [0.25, 0.3) is 12.2 Å². The maximum absolute atomic E-state index is 11.6. The maximum Gasteiger partial charge on any atom is 0.357 e. The molecule has 1 heterocycles.